The zero-order valence-corrected chi connectivity index (χ0v) is 16.4. The van der Waals surface area contributed by atoms with Gasteiger partial charge in [-0.2, -0.15) is 4.80 Å². The number of nitrogens with zero attached hydrogens (tertiary/aromatic N) is 5. The fourth-order valence-electron chi connectivity index (χ4n) is 3.30. The van der Waals surface area contributed by atoms with Crippen LogP contribution in [0.1, 0.15) is 24.7 Å². The predicted octanol–water partition coefficient (Wildman–Crippen LogP) is 2.08. The molecule has 0 spiro atoms. The summed E-state index contributed by atoms with van der Waals surface area (Å²) in [6.45, 7) is 4.13. The zero-order valence-electron chi connectivity index (χ0n) is 13.4. The molecule has 2 unspecified atom stereocenters. The summed E-state index contributed by atoms with van der Waals surface area (Å²) < 4.78 is 0. The Kier molecular flexibility index (Phi) is 6.45. The average Bonchev–Trinajstić information content (AvgIpc) is 2.87. The second-order valence-electron chi connectivity index (χ2n) is 5.67. The first-order chi connectivity index (χ1) is 9.63. The molecule has 0 radical (unpaired) electrons. The second-order valence-corrected chi connectivity index (χ2v) is 5.67. The van der Waals surface area contributed by atoms with Crippen LogP contribution < -0.4 is 0 Å². The largest absolute Gasteiger partial charge is 2.00 e. The van der Waals surface area contributed by atoms with Gasteiger partial charge in [0.1, 0.15) is 0 Å². The molecule has 0 amide bonds. The molecule has 1 aliphatic heterocycles. The van der Waals surface area contributed by atoms with Gasteiger partial charge in [-0.25, -0.2) is 0 Å². The molecular formula is C16H23N5W. The van der Waals surface area contributed by atoms with Gasteiger partial charge in [-0.05, 0) is 36.2 Å². The molecule has 0 saturated carbocycles. The minimum atomic E-state index is -0.163. The van der Waals surface area contributed by atoms with E-state index in [2.05, 4.69) is 58.5 Å². The van der Waals surface area contributed by atoms with Crippen molar-refractivity contribution in [1.29, 1.82) is 0 Å². The van der Waals surface area contributed by atoms with Crippen LogP contribution in [0.3, 0.4) is 0 Å². The Bertz CT molecular complexity index is 585. The van der Waals surface area contributed by atoms with Crippen LogP contribution in [0.2, 0.25) is 0 Å². The average molecular weight is 469 g/mol. The van der Waals surface area contributed by atoms with Crippen molar-refractivity contribution in [1.82, 2.24) is 25.1 Å². The molecule has 22 heavy (non-hydrogen) atoms. The number of piperidine rings is 1. The van der Waals surface area contributed by atoms with Crippen LogP contribution in [0.5, 0.6) is 0 Å². The molecule has 5 nitrogen and oxygen atoms in total. The molecule has 0 aliphatic carbocycles. The first-order valence-corrected chi connectivity index (χ1v) is 6.98. The third kappa shape index (κ3) is 3.16. The van der Waals surface area contributed by atoms with E-state index >= 15 is 0 Å². The standard InChI is InChI=1S/C15H20N5.CH3.W/c1-12-11-19(2)10-9-15(12,13-7-5-4-6-8-13)14-16-18-20(3)17-14;;/h4-8,12H,2,9-11H2,1,3H3;1H3;/q2*-1;+2. The maximum absolute atomic E-state index is 4.51. The van der Waals surface area contributed by atoms with Crippen LogP contribution in [0.4, 0.5) is 0 Å². The Morgan fingerprint density at radius 3 is 2.50 bits per heavy atom. The van der Waals surface area contributed by atoms with E-state index in [0.717, 1.165) is 25.3 Å². The van der Waals surface area contributed by atoms with Crippen molar-refractivity contribution in [3.8, 4) is 0 Å². The van der Waals surface area contributed by atoms with Gasteiger partial charge in [0.05, 0.1) is 12.5 Å². The molecule has 0 N–H and O–H groups in total. The second kappa shape index (κ2) is 7.47. The van der Waals surface area contributed by atoms with Crippen LogP contribution in [0.15, 0.2) is 30.3 Å². The summed E-state index contributed by atoms with van der Waals surface area (Å²) in [4.78, 5) is 3.67. The topological polar surface area (TPSA) is 46.8 Å². The fraction of sp³-hybridized carbons (Fsp3) is 0.438. The Morgan fingerprint density at radius 2 is 1.95 bits per heavy atom. The van der Waals surface area contributed by atoms with Crippen LogP contribution >= 0.6 is 0 Å². The molecule has 1 aliphatic rings. The molecule has 118 valence electrons. The third-order valence-corrected chi connectivity index (χ3v) is 4.39. The van der Waals surface area contributed by atoms with Gasteiger partial charge in [-0.1, -0.05) is 37.3 Å². The first-order valence-electron chi connectivity index (χ1n) is 6.98. The molecular weight excluding hydrogens is 446 g/mol. The molecule has 3 rings (SSSR count). The molecule has 2 heterocycles. The Hall–Kier alpha value is -1.06. The van der Waals surface area contributed by atoms with Crippen molar-refractivity contribution in [2.24, 2.45) is 13.0 Å². The smallest absolute Gasteiger partial charge is 0.459 e. The summed E-state index contributed by atoms with van der Waals surface area (Å²) in [6.07, 6.45) is 0.966. The summed E-state index contributed by atoms with van der Waals surface area (Å²) >= 11 is 0. The van der Waals surface area contributed by atoms with E-state index in [9.17, 15) is 0 Å². The minimum Gasteiger partial charge on any atom is -0.459 e. The van der Waals surface area contributed by atoms with E-state index < -0.39 is 0 Å². The predicted molar refractivity (Wildman–Crippen MR) is 83.1 cm³/mol. The number of hydrogen-bond acceptors (Lipinski definition) is 4. The molecule has 2 atom stereocenters. The van der Waals surface area contributed by atoms with E-state index in [-0.39, 0.29) is 33.9 Å². The molecule has 1 aromatic carbocycles. The first kappa shape index (κ1) is 19.0. The van der Waals surface area contributed by atoms with E-state index in [0.29, 0.717) is 5.92 Å². The van der Waals surface area contributed by atoms with Crippen LogP contribution in [-0.2, 0) is 33.5 Å². The third-order valence-electron chi connectivity index (χ3n) is 4.39. The summed E-state index contributed by atoms with van der Waals surface area (Å²) in [6, 6.07) is 10.5. The van der Waals surface area contributed by atoms with Gasteiger partial charge in [-0.15, -0.1) is 10.2 Å². The number of hydrogen-bond donors (Lipinski definition) is 0. The molecule has 0 bridgehead atoms. The Labute approximate surface area is 147 Å². The van der Waals surface area contributed by atoms with Gasteiger partial charge >= 0.3 is 21.1 Å². The van der Waals surface area contributed by atoms with E-state index in [4.69, 9.17) is 0 Å². The summed E-state index contributed by atoms with van der Waals surface area (Å²) in [5.74, 6) is 1.21. The molecule has 6 heteroatoms. The number of benzene rings is 1. The summed E-state index contributed by atoms with van der Waals surface area (Å²) in [5, 5.41) is 12.9. The van der Waals surface area contributed by atoms with Gasteiger partial charge in [-0.3, -0.25) is 7.05 Å². The summed E-state index contributed by atoms with van der Waals surface area (Å²) in [7, 11) is 5.89. The van der Waals surface area contributed by atoms with Crippen LogP contribution in [-0.4, -0.2) is 38.2 Å². The van der Waals surface area contributed by atoms with Gasteiger partial charge in [0, 0.05) is 0 Å². The number of aromatic nitrogens is 4. The van der Waals surface area contributed by atoms with Crippen molar-refractivity contribution in [2.45, 2.75) is 18.8 Å². The fourth-order valence-corrected chi connectivity index (χ4v) is 3.30. The van der Waals surface area contributed by atoms with Crippen molar-refractivity contribution >= 4 is 0 Å². The molecule has 1 fully saturated rings. The van der Waals surface area contributed by atoms with Gasteiger partial charge in [0.15, 0.2) is 5.82 Å². The number of tetrazole rings is 1. The van der Waals surface area contributed by atoms with Crippen molar-refractivity contribution < 1.29 is 21.1 Å². The SMILES string of the molecule is [CH2-]N1CCC(c2ccccc2)(c2nnn(C)n2)C(C)C1.[CH3-].[W+2]. The number of aryl methyl sites for hydroxylation is 1. The molecule has 2 aromatic rings. The maximum Gasteiger partial charge on any atom is 2.00 e. The van der Waals surface area contributed by atoms with Crippen molar-refractivity contribution in [3.05, 3.63) is 56.2 Å². The minimum absolute atomic E-state index is 0. The molecule has 1 aromatic heterocycles. The Morgan fingerprint density at radius 1 is 1.27 bits per heavy atom. The normalized spacial score (nSPS) is 25.1. The maximum atomic E-state index is 4.51. The summed E-state index contributed by atoms with van der Waals surface area (Å²) in [5.41, 5.74) is 1.11. The van der Waals surface area contributed by atoms with Crippen molar-refractivity contribution in [3.63, 3.8) is 0 Å². The van der Waals surface area contributed by atoms with Crippen LogP contribution in [0.25, 0.3) is 0 Å². The van der Waals surface area contributed by atoms with Crippen LogP contribution in [0, 0.1) is 20.4 Å². The molecule has 1 saturated heterocycles. The van der Waals surface area contributed by atoms with Gasteiger partial charge < -0.3 is 12.3 Å². The van der Waals surface area contributed by atoms with Gasteiger partial charge in [0.2, 0.25) is 0 Å². The van der Waals surface area contributed by atoms with E-state index in [1.807, 2.05) is 13.1 Å². The van der Waals surface area contributed by atoms with E-state index in [1.165, 1.54) is 5.56 Å². The van der Waals surface area contributed by atoms with Gasteiger partial charge in [0.25, 0.3) is 0 Å². The zero-order chi connectivity index (χ0) is 14.2. The Balaban J connectivity index is 0.00000121. The number of likely N-dealkylation sites (tertiary alicyclic amines) is 1. The number of rotatable bonds is 2. The monoisotopic (exact) mass is 469 g/mol. The quantitative estimate of drug-likeness (QED) is 0.633. The van der Waals surface area contributed by atoms with E-state index in [1.54, 1.807) is 4.80 Å². The van der Waals surface area contributed by atoms with Crippen molar-refractivity contribution in [2.75, 3.05) is 13.1 Å².